The van der Waals surface area contributed by atoms with Gasteiger partial charge < -0.3 is 0 Å². The van der Waals surface area contributed by atoms with Gasteiger partial charge in [-0.25, -0.2) is 0 Å². The van der Waals surface area contributed by atoms with Gasteiger partial charge in [0, 0.05) is 0 Å². The van der Waals surface area contributed by atoms with Gasteiger partial charge in [-0.1, -0.05) is 97.6 Å². The van der Waals surface area contributed by atoms with E-state index in [1.807, 2.05) is 11.1 Å². The number of hydrogen-bond acceptors (Lipinski definition) is 0. The molecule has 0 nitrogen and oxygen atoms in total. The van der Waals surface area contributed by atoms with Crippen molar-refractivity contribution in [1.82, 2.24) is 0 Å². The van der Waals surface area contributed by atoms with Crippen LogP contribution in [0.4, 0.5) is 0 Å². The fraction of sp³-hybridized carbons (Fsp3) is 0.917. The second-order valence-corrected chi connectivity index (χ2v) is 10.9. The van der Waals surface area contributed by atoms with Crippen molar-refractivity contribution in [3.8, 4) is 0 Å². The van der Waals surface area contributed by atoms with Gasteiger partial charge in [-0.05, 0) is 54.8 Å². The summed E-state index contributed by atoms with van der Waals surface area (Å²) in [5, 5.41) is 0. The highest BCUT2D eigenvalue weighted by Crippen LogP contribution is 2.45. The maximum absolute atomic E-state index is 2.47. The Morgan fingerprint density at radius 3 is 1.71 bits per heavy atom. The molecule has 0 spiro atoms. The van der Waals surface area contributed by atoms with E-state index in [1.165, 1.54) is 77.0 Å². The van der Waals surface area contributed by atoms with Gasteiger partial charge in [-0.15, -0.1) is 0 Å². The molecule has 2 fully saturated rings. The van der Waals surface area contributed by atoms with Crippen LogP contribution >= 0.6 is 0 Å². The topological polar surface area (TPSA) is 0 Å². The molecule has 0 amide bonds. The summed E-state index contributed by atoms with van der Waals surface area (Å²) in [7, 11) is 0. The van der Waals surface area contributed by atoms with Gasteiger partial charge in [0.05, 0.1) is 0 Å². The average Bonchev–Trinajstić information content (AvgIpc) is 2.44. The molecule has 0 unspecified atom stereocenters. The summed E-state index contributed by atoms with van der Waals surface area (Å²) < 4.78 is 0. The van der Waals surface area contributed by atoms with Gasteiger partial charge in [0.15, 0.2) is 0 Å². The number of hydrogen-bond donors (Lipinski definition) is 0. The summed E-state index contributed by atoms with van der Waals surface area (Å²) in [5.74, 6) is 1.89. The number of allylic oxidation sites excluding steroid dienone is 2. The highest BCUT2D eigenvalue weighted by molar-refractivity contribution is 5.22. The zero-order valence-electron chi connectivity index (χ0n) is 17.6. The van der Waals surface area contributed by atoms with Crippen LogP contribution in [0.2, 0.25) is 0 Å². The normalized spacial score (nSPS) is 25.2. The molecule has 140 valence electrons. The third kappa shape index (κ3) is 5.92. The molecule has 0 aromatic rings. The van der Waals surface area contributed by atoms with Crippen molar-refractivity contribution in [2.24, 2.45) is 22.7 Å². The van der Waals surface area contributed by atoms with E-state index in [0.717, 1.165) is 11.8 Å². The molecule has 0 radical (unpaired) electrons. The third-order valence-electron chi connectivity index (χ3n) is 6.86. The summed E-state index contributed by atoms with van der Waals surface area (Å²) in [6.45, 7) is 14.7. The Morgan fingerprint density at radius 1 is 0.750 bits per heavy atom. The molecular formula is C24H44. The van der Waals surface area contributed by atoms with Gasteiger partial charge in [0.25, 0.3) is 0 Å². The smallest absolute Gasteiger partial charge is 0.0170 e. The highest BCUT2D eigenvalue weighted by atomic mass is 14.4. The van der Waals surface area contributed by atoms with Crippen LogP contribution in [0, 0.1) is 22.7 Å². The molecule has 0 heteroatoms. The average molecular weight is 333 g/mol. The van der Waals surface area contributed by atoms with Crippen molar-refractivity contribution in [1.29, 1.82) is 0 Å². The molecule has 2 aliphatic carbocycles. The zero-order chi connectivity index (χ0) is 17.8. The standard InChI is InChI=1S/C24H44/c1-23(2,3)21-16-14-20(15-17-21)22(24(4,5)6)18-19-12-10-8-7-9-11-13-19/h19,21H,7-18H2,1-6H3. The van der Waals surface area contributed by atoms with Crippen LogP contribution < -0.4 is 0 Å². The SMILES string of the molecule is CC(C)(C)C(CC1CCCCCCC1)=C1CCC(C(C)(C)C)CC1. The maximum atomic E-state index is 2.47. The van der Waals surface area contributed by atoms with E-state index >= 15 is 0 Å². The first-order chi connectivity index (χ1) is 11.2. The predicted octanol–water partition coefficient (Wildman–Crippen LogP) is 8.32. The summed E-state index contributed by atoms with van der Waals surface area (Å²) >= 11 is 0. The Morgan fingerprint density at radius 2 is 1.25 bits per heavy atom. The van der Waals surface area contributed by atoms with Crippen LogP contribution in [-0.2, 0) is 0 Å². The van der Waals surface area contributed by atoms with Crippen LogP contribution in [0.1, 0.15) is 119 Å². The lowest BCUT2D eigenvalue weighted by atomic mass is 9.68. The van der Waals surface area contributed by atoms with E-state index < -0.39 is 0 Å². The molecule has 0 aromatic heterocycles. The molecule has 2 aliphatic rings. The third-order valence-corrected chi connectivity index (χ3v) is 6.86. The maximum Gasteiger partial charge on any atom is -0.0170 e. The molecule has 0 saturated heterocycles. The van der Waals surface area contributed by atoms with Gasteiger partial charge in [0.1, 0.15) is 0 Å². The van der Waals surface area contributed by atoms with Crippen molar-refractivity contribution in [2.45, 2.75) is 119 Å². The van der Waals surface area contributed by atoms with E-state index in [0.29, 0.717) is 10.8 Å². The van der Waals surface area contributed by atoms with Crippen molar-refractivity contribution < 1.29 is 0 Å². The first-order valence-electron chi connectivity index (χ1n) is 10.9. The van der Waals surface area contributed by atoms with Gasteiger partial charge in [0.2, 0.25) is 0 Å². The van der Waals surface area contributed by atoms with Crippen LogP contribution in [0.5, 0.6) is 0 Å². The summed E-state index contributed by atoms with van der Waals surface area (Å²) in [4.78, 5) is 0. The van der Waals surface area contributed by atoms with Gasteiger partial charge in [-0.3, -0.25) is 0 Å². The van der Waals surface area contributed by atoms with E-state index in [1.54, 1.807) is 0 Å². The van der Waals surface area contributed by atoms with Crippen LogP contribution in [0.25, 0.3) is 0 Å². The number of rotatable bonds is 2. The highest BCUT2D eigenvalue weighted by Gasteiger charge is 2.31. The van der Waals surface area contributed by atoms with Crippen molar-refractivity contribution in [3.63, 3.8) is 0 Å². The molecule has 0 aliphatic heterocycles. The molecule has 0 N–H and O–H groups in total. The van der Waals surface area contributed by atoms with Crippen LogP contribution in [0.15, 0.2) is 11.1 Å². The van der Waals surface area contributed by atoms with Gasteiger partial charge in [-0.2, -0.15) is 0 Å². The van der Waals surface area contributed by atoms with Crippen molar-refractivity contribution in [2.75, 3.05) is 0 Å². The minimum Gasteiger partial charge on any atom is -0.0704 e. The Hall–Kier alpha value is -0.260. The first kappa shape index (κ1) is 20.1. The Labute approximate surface area is 152 Å². The quantitative estimate of drug-likeness (QED) is 0.446. The fourth-order valence-electron chi connectivity index (χ4n) is 5.15. The Kier molecular flexibility index (Phi) is 7.03. The fourth-order valence-corrected chi connectivity index (χ4v) is 5.15. The van der Waals surface area contributed by atoms with Crippen molar-refractivity contribution >= 4 is 0 Å². The summed E-state index contributed by atoms with van der Waals surface area (Å²) in [5.41, 5.74) is 4.56. The molecule has 0 atom stereocenters. The monoisotopic (exact) mass is 332 g/mol. The Balaban J connectivity index is 2.08. The first-order valence-corrected chi connectivity index (χ1v) is 10.9. The summed E-state index contributed by atoms with van der Waals surface area (Å²) in [6, 6.07) is 0. The van der Waals surface area contributed by atoms with E-state index in [4.69, 9.17) is 0 Å². The van der Waals surface area contributed by atoms with E-state index in [9.17, 15) is 0 Å². The molecule has 2 saturated carbocycles. The molecule has 2 rings (SSSR count). The molecule has 0 aromatic carbocycles. The second kappa shape index (κ2) is 8.41. The molecular weight excluding hydrogens is 288 g/mol. The lowest BCUT2D eigenvalue weighted by molar-refractivity contribution is 0.195. The van der Waals surface area contributed by atoms with Gasteiger partial charge >= 0.3 is 0 Å². The second-order valence-electron chi connectivity index (χ2n) is 10.9. The Bertz CT molecular complexity index is 394. The minimum atomic E-state index is 0.367. The van der Waals surface area contributed by atoms with E-state index in [2.05, 4.69) is 41.5 Å². The lowest BCUT2D eigenvalue weighted by Crippen LogP contribution is -2.25. The van der Waals surface area contributed by atoms with Crippen molar-refractivity contribution in [3.05, 3.63) is 11.1 Å². The lowest BCUT2D eigenvalue weighted by Gasteiger charge is -2.38. The molecule has 0 bridgehead atoms. The van der Waals surface area contributed by atoms with Crippen LogP contribution in [-0.4, -0.2) is 0 Å². The molecule has 0 heterocycles. The minimum absolute atomic E-state index is 0.367. The largest absolute Gasteiger partial charge is 0.0704 e. The zero-order valence-corrected chi connectivity index (χ0v) is 17.6. The summed E-state index contributed by atoms with van der Waals surface area (Å²) in [6.07, 6.45) is 17.3. The predicted molar refractivity (Wildman–Crippen MR) is 108 cm³/mol. The van der Waals surface area contributed by atoms with Crippen LogP contribution in [0.3, 0.4) is 0 Å². The molecule has 24 heavy (non-hydrogen) atoms. The van der Waals surface area contributed by atoms with E-state index in [-0.39, 0.29) is 0 Å².